The topological polar surface area (TPSA) is 119 Å². The van der Waals surface area contributed by atoms with Gasteiger partial charge >= 0.3 is 17.9 Å². The minimum absolute atomic E-state index is 0.192. The zero-order valence-electron chi connectivity index (χ0n) is 15.3. The first kappa shape index (κ1) is 20.0. The Morgan fingerprint density at radius 3 is 2.43 bits per heavy atom. The lowest BCUT2D eigenvalue weighted by atomic mass is 10.1. The molecule has 10 nitrogen and oxygen atoms in total. The third-order valence-electron chi connectivity index (χ3n) is 4.03. The zero-order valence-corrected chi connectivity index (χ0v) is 16.1. The number of carbonyl (C=O) groups excluding carboxylic acids is 3. The van der Waals surface area contributed by atoms with Gasteiger partial charge in [-0.1, -0.05) is 11.6 Å². The Morgan fingerprint density at radius 2 is 1.79 bits per heavy atom. The Kier molecular flexibility index (Phi) is 5.80. The molecule has 0 N–H and O–H groups in total. The molecule has 1 aliphatic heterocycles. The first-order valence-electron chi connectivity index (χ1n) is 8.38. The van der Waals surface area contributed by atoms with Gasteiger partial charge in [0, 0.05) is 27.0 Å². The van der Waals surface area contributed by atoms with E-state index in [0.717, 1.165) is 0 Å². The van der Waals surface area contributed by atoms with E-state index in [0.29, 0.717) is 16.2 Å². The molecule has 1 fully saturated rings. The maximum Gasteiger partial charge on any atom is 0.303 e. The molecule has 0 bridgehead atoms. The minimum Gasteiger partial charge on any atom is -0.463 e. The maximum absolute atomic E-state index is 11.7. The van der Waals surface area contributed by atoms with E-state index in [-0.39, 0.29) is 6.61 Å². The highest BCUT2D eigenvalue weighted by Crippen LogP contribution is 2.36. The summed E-state index contributed by atoms with van der Waals surface area (Å²) in [6, 6.07) is 1.59. The van der Waals surface area contributed by atoms with Crippen LogP contribution in [0.15, 0.2) is 18.6 Å². The Morgan fingerprint density at radius 1 is 1.11 bits per heavy atom. The summed E-state index contributed by atoms with van der Waals surface area (Å²) in [6.45, 7) is 3.49. The van der Waals surface area contributed by atoms with Crippen molar-refractivity contribution in [2.45, 2.75) is 45.3 Å². The molecule has 1 aliphatic rings. The van der Waals surface area contributed by atoms with Crippen molar-refractivity contribution in [1.82, 2.24) is 14.5 Å². The van der Waals surface area contributed by atoms with Crippen LogP contribution >= 0.6 is 11.6 Å². The van der Waals surface area contributed by atoms with Crippen molar-refractivity contribution in [2.75, 3.05) is 6.61 Å². The van der Waals surface area contributed by atoms with Gasteiger partial charge < -0.3 is 18.9 Å². The number of pyridine rings is 1. The number of esters is 3. The molecule has 0 saturated carbocycles. The predicted octanol–water partition coefficient (Wildman–Crippen LogP) is 1.41. The molecule has 0 amide bonds. The SMILES string of the molecule is CC(=O)OC[C@H]1O[C@@H](n2cnc3c(Cl)ccnc32)[C@H](OC(C)=O)[C@@H]1OC(C)=O. The predicted molar refractivity (Wildman–Crippen MR) is 94.2 cm³/mol. The second kappa shape index (κ2) is 8.11. The van der Waals surface area contributed by atoms with Crippen LogP contribution in [0.3, 0.4) is 0 Å². The zero-order chi connectivity index (χ0) is 20.4. The normalized spacial score (nSPS) is 24.1. The third kappa shape index (κ3) is 4.07. The molecular formula is C17H18ClN3O7. The molecule has 4 atom stereocenters. The minimum atomic E-state index is -1.01. The van der Waals surface area contributed by atoms with Gasteiger partial charge in [0.05, 0.1) is 11.3 Å². The first-order valence-corrected chi connectivity index (χ1v) is 8.76. The number of rotatable bonds is 5. The lowest BCUT2D eigenvalue weighted by Gasteiger charge is -2.23. The molecule has 2 aromatic heterocycles. The lowest BCUT2D eigenvalue weighted by molar-refractivity contribution is -0.166. The second-order valence-electron chi connectivity index (χ2n) is 6.13. The van der Waals surface area contributed by atoms with Gasteiger partial charge in [-0.3, -0.25) is 19.0 Å². The molecule has 28 heavy (non-hydrogen) atoms. The monoisotopic (exact) mass is 411 g/mol. The van der Waals surface area contributed by atoms with E-state index in [4.69, 9.17) is 30.5 Å². The van der Waals surface area contributed by atoms with Gasteiger partial charge in [0.2, 0.25) is 0 Å². The van der Waals surface area contributed by atoms with Crippen molar-refractivity contribution in [3.63, 3.8) is 0 Å². The molecule has 11 heteroatoms. The van der Waals surface area contributed by atoms with Gasteiger partial charge in [0.1, 0.15) is 18.2 Å². The number of imidazole rings is 1. The molecule has 0 unspecified atom stereocenters. The summed E-state index contributed by atoms with van der Waals surface area (Å²) in [5.41, 5.74) is 0.825. The van der Waals surface area contributed by atoms with Crippen LogP contribution in [0.1, 0.15) is 27.0 Å². The van der Waals surface area contributed by atoms with Crippen LogP contribution in [0.5, 0.6) is 0 Å². The van der Waals surface area contributed by atoms with E-state index in [1.165, 1.54) is 37.9 Å². The van der Waals surface area contributed by atoms with E-state index >= 15 is 0 Å². The van der Waals surface area contributed by atoms with Gasteiger partial charge in [0.15, 0.2) is 24.1 Å². The fraction of sp³-hybridized carbons (Fsp3) is 0.471. The molecule has 1 saturated heterocycles. The summed E-state index contributed by atoms with van der Waals surface area (Å²) in [5.74, 6) is -1.73. The van der Waals surface area contributed by atoms with Crippen molar-refractivity contribution < 1.29 is 33.3 Å². The number of ether oxygens (including phenoxy) is 4. The van der Waals surface area contributed by atoms with E-state index in [9.17, 15) is 14.4 Å². The van der Waals surface area contributed by atoms with Crippen LogP contribution in [0.4, 0.5) is 0 Å². The van der Waals surface area contributed by atoms with Crippen molar-refractivity contribution in [3.8, 4) is 0 Å². The van der Waals surface area contributed by atoms with Crippen LogP contribution in [0.2, 0.25) is 5.02 Å². The molecule has 2 aromatic rings. The molecule has 0 aliphatic carbocycles. The molecule has 3 heterocycles. The van der Waals surface area contributed by atoms with Crippen LogP contribution in [0, 0.1) is 0 Å². The summed E-state index contributed by atoms with van der Waals surface area (Å²) in [4.78, 5) is 42.9. The van der Waals surface area contributed by atoms with Crippen molar-refractivity contribution in [2.24, 2.45) is 0 Å². The smallest absolute Gasteiger partial charge is 0.303 e. The summed E-state index contributed by atoms with van der Waals surface area (Å²) in [5, 5.41) is 0.388. The van der Waals surface area contributed by atoms with Crippen LogP contribution in [-0.2, 0) is 33.3 Å². The van der Waals surface area contributed by atoms with E-state index in [2.05, 4.69) is 9.97 Å². The van der Waals surface area contributed by atoms with E-state index in [1.807, 2.05) is 0 Å². The Labute approximate surface area is 164 Å². The molecule has 150 valence electrons. The number of halogens is 1. The van der Waals surface area contributed by atoms with Gasteiger partial charge in [-0.25, -0.2) is 9.97 Å². The van der Waals surface area contributed by atoms with Gasteiger partial charge in [-0.2, -0.15) is 0 Å². The summed E-state index contributed by atoms with van der Waals surface area (Å²) in [7, 11) is 0. The average Bonchev–Trinajstić information content (AvgIpc) is 3.16. The number of nitrogens with zero attached hydrogens (tertiary/aromatic N) is 3. The number of fused-ring (bicyclic) bond motifs is 1. The fourth-order valence-corrected chi connectivity index (χ4v) is 3.20. The van der Waals surface area contributed by atoms with Gasteiger partial charge in [-0.15, -0.1) is 0 Å². The lowest BCUT2D eigenvalue weighted by Crippen LogP contribution is -2.40. The quantitative estimate of drug-likeness (QED) is 0.531. The number of hydrogen-bond donors (Lipinski definition) is 0. The van der Waals surface area contributed by atoms with Crippen molar-refractivity contribution in [1.29, 1.82) is 0 Å². The average molecular weight is 412 g/mol. The summed E-state index contributed by atoms with van der Waals surface area (Å²) >= 11 is 6.14. The summed E-state index contributed by atoms with van der Waals surface area (Å²) < 4.78 is 23.2. The van der Waals surface area contributed by atoms with Crippen LogP contribution in [0.25, 0.3) is 11.2 Å². The summed E-state index contributed by atoms with van der Waals surface area (Å²) in [6.07, 6.45) is -0.867. The molecule has 0 spiro atoms. The van der Waals surface area contributed by atoms with Crippen molar-refractivity contribution in [3.05, 3.63) is 23.6 Å². The largest absolute Gasteiger partial charge is 0.463 e. The number of aromatic nitrogens is 3. The highest BCUT2D eigenvalue weighted by atomic mass is 35.5. The molecule has 0 aromatic carbocycles. The maximum atomic E-state index is 11.7. The Balaban J connectivity index is 2.01. The molecular weight excluding hydrogens is 394 g/mol. The standard InChI is InChI=1S/C17H18ClN3O7/c1-8(22)25-6-12-14(26-9(2)23)15(27-10(3)24)17(28-12)21-7-20-13-11(18)4-5-19-16(13)21/h4-5,7,12,14-15,17H,6H2,1-3H3/t12-,14-,15-,17-/m1/s1. The Hall–Kier alpha value is -2.72. The third-order valence-corrected chi connectivity index (χ3v) is 4.33. The van der Waals surface area contributed by atoms with E-state index in [1.54, 1.807) is 6.07 Å². The number of carbonyl (C=O) groups is 3. The number of hydrogen-bond acceptors (Lipinski definition) is 9. The Bertz CT molecular complexity index is 915. The molecule has 3 rings (SSSR count). The van der Waals surface area contributed by atoms with E-state index < -0.39 is 42.4 Å². The molecule has 0 radical (unpaired) electrons. The van der Waals surface area contributed by atoms with Crippen LogP contribution < -0.4 is 0 Å². The second-order valence-corrected chi connectivity index (χ2v) is 6.54. The van der Waals surface area contributed by atoms with Crippen molar-refractivity contribution >= 4 is 40.7 Å². The fourth-order valence-electron chi connectivity index (χ4n) is 3.01. The van der Waals surface area contributed by atoms with Gasteiger partial charge in [-0.05, 0) is 6.07 Å². The highest BCUT2D eigenvalue weighted by molar-refractivity contribution is 6.34. The van der Waals surface area contributed by atoms with Crippen LogP contribution in [-0.4, -0.2) is 57.4 Å². The van der Waals surface area contributed by atoms with Gasteiger partial charge in [0.25, 0.3) is 0 Å². The highest BCUT2D eigenvalue weighted by Gasteiger charge is 2.51. The first-order chi connectivity index (χ1) is 13.3.